The molecule has 1 radical (unpaired) electrons. The number of hydrogen-bond donors (Lipinski definition) is 0. The van der Waals surface area contributed by atoms with Crippen LogP contribution in [0.1, 0.15) is 11.1 Å². The topological polar surface area (TPSA) is 63.0 Å². The molecule has 4 heteroatoms. The first-order chi connectivity index (χ1) is 5.81. The molecular weight excluding hydrogens is 156 g/mol. The molecule has 0 aliphatic carbocycles. The monoisotopic (exact) mass is 161 g/mol. The molecule has 12 heavy (non-hydrogen) atoms. The number of nitriles is 1. The lowest BCUT2D eigenvalue weighted by Gasteiger charge is -1.99. The first-order valence-electron chi connectivity index (χ1n) is 3.14. The molecule has 1 rings (SSSR count). The summed E-state index contributed by atoms with van der Waals surface area (Å²) in [4.78, 5) is 13.9. The van der Waals surface area contributed by atoms with E-state index in [0.29, 0.717) is 0 Å². The molecular formula is C8H5N2O2. The molecule has 0 saturated carbocycles. The third-order valence-corrected chi connectivity index (χ3v) is 1.28. The van der Waals surface area contributed by atoms with Crippen molar-refractivity contribution in [3.8, 4) is 11.9 Å². The van der Waals surface area contributed by atoms with Crippen LogP contribution >= 0.6 is 0 Å². The second kappa shape index (κ2) is 3.49. The van der Waals surface area contributed by atoms with E-state index >= 15 is 0 Å². The van der Waals surface area contributed by atoms with Gasteiger partial charge in [0.2, 0.25) is 12.2 Å². The van der Waals surface area contributed by atoms with Crippen molar-refractivity contribution in [1.82, 2.24) is 4.98 Å². The minimum atomic E-state index is 0.219. The molecule has 0 aromatic carbocycles. The van der Waals surface area contributed by atoms with Gasteiger partial charge in [-0.25, -0.2) is 4.98 Å². The fraction of sp³-hybridized carbons (Fsp3) is 0.125. The van der Waals surface area contributed by atoms with Gasteiger partial charge in [-0.2, -0.15) is 5.26 Å². The first-order valence-corrected chi connectivity index (χ1v) is 3.14. The lowest BCUT2D eigenvalue weighted by Crippen LogP contribution is -1.93. The third-order valence-electron chi connectivity index (χ3n) is 1.28. The summed E-state index contributed by atoms with van der Waals surface area (Å²) in [6.45, 7) is 0. The maximum absolute atomic E-state index is 10.2. The minimum absolute atomic E-state index is 0.219. The molecule has 59 valence electrons. The van der Waals surface area contributed by atoms with Gasteiger partial charge in [0.1, 0.15) is 11.6 Å². The number of nitrogens with zero attached hydrogens (tertiary/aromatic N) is 2. The second-order valence-electron chi connectivity index (χ2n) is 1.99. The van der Waals surface area contributed by atoms with Crippen LogP contribution in [0.3, 0.4) is 0 Å². The van der Waals surface area contributed by atoms with Gasteiger partial charge >= 0.3 is 0 Å². The smallest absolute Gasteiger partial charge is 0.235 e. The minimum Gasteiger partial charge on any atom is -0.480 e. The van der Waals surface area contributed by atoms with Gasteiger partial charge < -0.3 is 4.74 Å². The van der Waals surface area contributed by atoms with Gasteiger partial charge in [0.25, 0.3) is 0 Å². The van der Waals surface area contributed by atoms with E-state index in [0.717, 1.165) is 0 Å². The summed E-state index contributed by atoms with van der Waals surface area (Å²) in [5.41, 5.74) is 0.478. The molecule has 0 aliphatic rings. The van der Waals surface area contributed by atoms with E-state index in [1.807, 2.05) is 6.07 Å². The van der Waals surface area contributed by atoms with Crippen molar-refractivity contribution in [3.63, 3.8) is 0 Å². The molecule has 0 unspecified atom stereocenters. The fourth-order valence-electron chi connectivity index (χ4n) is 0.751. The molecule has 0 fully saturated rings. The Bertz CT molecular complexity index is 341. The number of hydrogen-bond acceptors (Lipinski definition) is 4. The molecule has 0 saturated heterocycles. The van der Waals surface area contributed by atoms with Crippen molar-refractivity contribution < 1.29 is 9.53 Å². The molecule has 0 atom stereocenters. The van der Waals surface area contributed by atoms with E-state index in [9.17, 15) is 4.79 Å². The molecule has 0 amide bonds. The summed E-state index contributed by atoms with van der Waals surface area (Å²) in [7, 11) is 1.41. The highest BCUT2D eigenvalue weighted by atomic mass is 16.5. The van der Waals surface area contributed by atoms with E-state index in [1.165, 1.54) is 19.4 Å². The van der Waals surface area contributed by atoms with Crippen LogP contribution in [-0.2, 0) is 4.79 Å². The highest BCUT2D eigenvalue weighted by molar-refractivity contribution is 5.75. The van der Waals surface area contributed by atoms with Gasteiger partial charge in [-0.05, 0) is 6.07 Å². The van der Waals surface area contributed by atoms with Gasteiger partial charge in [0.05, 0.1) is 7.11 Å². The zero-order valence-electron chi connectivity index (χ0n) is 6.37. The van der Waals surface area contributed by atoms with Crippen LogP contribution in [0.15, 0.2) is 12.3 Å². The Labute approximate surface area is 69.4 Å². The Morgan fingerprint density at radius 3 is 2.92 bits per heavy atom. The Morgan fingerprint density at radius 2 is 2.42 bits per heavy atom. The molecule has 0 aliphatic heterocycles. The van der Waals surface area contributed by atoms with Crippen LogP contribution in [0.25, 0.3) is 0 Å². The van der Waals surface area contributed by atoms with Gasteiger partial charge in [-0.3, -0.25) is 4.79 Å². The summed E-state index contributed by atoms with van der Waals surface area (Å²) in [6, 6.07) is 3.23. The standard InChI is InChI=1S/C8H5N2O2/c1-12-8-7(3-9)2-6(5-11)4-10-8/h2,4H,1H3. The average Bonchev–Trinajstić information content (AvgIpc) is 2.16. The van der Waals surface area contributed by atoms with Crippen LogP contribution in [0, 0.1) is 11.3 Å². The lowest BCUT2D eigenvalue weighted by molar-refractivity contribution is 0.396. The van der Waals surface area contributed by atoms with Crippen molar-refractivity contribution in [2.75, 3.05) is 7.11 Å². The van der Waals surface area contributed by atoms with Gasteiger partial charge in [0.15, 0.2) is 0 Å². The van der Waals surface area contributed by atoms with Gasteiger partial charge in [0, 0.05) is 11.8 Å². The zero-order valence-corrected chi connectivity index (χ0v) is 6.37. The average molecular weight is 161 g/mol. The molecule has 1 heterocycles. The van der Waals surface area contributed by atoms with E-state index in [-0.39, 0.29) is 17.0 Å². The van der Waals surface area contributed by atoms with E-state index in [1.54, 1.807) is 6.29 Å². The van der Waals surface area contributed by atoms with E-state index in [4.69, 9.17) is 10.00 Å². The Kier molecular flexibility index (Phi) is 2.38. The SMILES string of the molecule is COc1ncc([C]=O)cc1C#N. The maximum Gasteiger partial charge on any atom is 0.235 e. The predicted molar refractivity (Wildman–Crippen MR) is 40.3 cm³/mol. The van der Waals surface area contributed by atoms with Crippen LogP contribution < -0.4 is 4.74 Å². The quantitative estimate of drug-likeness (QED) is 0.630. The summed E-state index contributed by atoms with van der Waals surface area (Å²) in [5.74, 6) is 0.219. The number of rotatable bonds is 2. The summed E-state index contributed by atoms with van der Waals surface area (Å²) in [6.07, 6.45) is 2.93. The Balaban J connectivity index is 3.21. The maximum atomic E-state index is 10.2. The largest absolute Gasteiger partial charge is 0.480 e. The van der Waals surface area contributed by atoms with Crippen LogP contribution in [0.4, 0.5) is 0 Å². The van der Waals surface area contributed by atoms with Crippen LogP contribution in [0.2, 0.25) is 0 Å². The first kappa shape index (κ1) is 8.21. The number of methoxy groups -OCH3 is 1. The highest BCUT2D eigenvalue weighted by Crippen LogP contribution is 2.13. The molecule has 1 aromatic rings. The molecule has 0 spiro atoms. The number of pyridine rings is 1. The van der Waals surface area contributed by atoms with Crippen molar-refractivity contribution in [2.45, 2.75) is 0 Å². The summed E-state index contributed by atoms with van der Waals surface area (Å²) >= 11 is 0. The molecule has 1 aromatic heterocycles. The van der Waals surface area contributed by atoms with E-state index < -0.39 is 0 Å². The molecule has 0 bridgehead atoms. The van der Waals surface area contributed by atoms with Crippen molar-refractivity contribution in [3.05, 3.63) is 23.4 Å². The van der Waals surface area contributed by atoms with Gasteiger partial charge in [-0.15, -0.1) is 0 Å². The number of carbonyl (C=O) groups excluding carboxylic acids is 1. The van der Waals surface area contributed by atoms with Crippen molar-refractivity contribution in [2.24, 2.45) is 0 Å². The zero-order chi connectivity index (χ0) is 8.97. The molecule has 0 N–H and O–H groups in total. The summed E-state index contributed by atoms with van der Waals surface area (Å²) in [5, 5.41) is 8.57. The summed E-state index contributed by atoms with van der Waals surface area (Å²) < 4.78 is 4.77. The Hall–Kier alpha value is -1.89. The number of ether oxygens (including phenoxy) is 1. The predicted octanol–water partition coefficient (Wildman–Crippen LogP) is 0.420. The second-order valence-corrected chi connectivity index (χ2v) is 1.99. The normalized spacial score (nSPS) is 8.67. The highest BCUT2D eigenvalue weighted by Gasteiger charge is 2.04. The Morgan fingerprint density at radius 1 is 1.67 bits per heavy atom. The van der Waals surface area contributed by atoms with Crippen molar-refractivity contribution >= 4 is 6.29 Å². The van der Waals surface area contributed by atoms with Crippen LogP contribution in [0.5, 0.6) is 5.88 Å². The lowest BCUT2D eigenvalue weighted by atomic mass is 10.2. The van der Waals surface area contributed by atoms with E-state index in [2.05, 4.69) is 4.98 Å². The number of aromatic nitrogens is 1. The molecule has 4 nitrogen and oxygen atoms in total. The van der Waals surface area contributed by atoms with Crippen LogP contribution in [-0.4, -0.2) is 18.4 Å². The van der Waals surface area contributed by atoms with Crippen molar-refractivity contribution in [1.29, 1.82) is 5.26 Å². The van der Waals surface area contributed by atoms with Gasteiger partial charge in [-0.1, -0.05) is 0 Å². The third kappa shape index (κ3) is 1.40. The fourth-order valence-corrected chi connectivity index (χ4v) is 0.751.